The summed E-state index contributed by atoms with van der Waals surface area (Å²) < 4.78 is 0. The van der Waals surface area contributed by atoms with Gasteiger partial charge in [0, 0.05) is 35.6 Å². The summed E-state index contributed by atoms with van der Waals surface area (Å²) in [5.41, 5.74) is 8.24. The largest absolute Gasteiger partial charge is 0.391 e. The monoisotopic (exact) mass is 303 g/mol. The molecule has 3 rings (SSSR count). The molecule has 1 saturated heterocycles. The van der Waals surface area contributed by atoms with Gasteiger partial charge in [-0.3, -0.25) is 4.90 Å². The highest BCUT2D eigenvalue weighted by Crippen LogP contribution is 2.34. The van der Waals surface area contributed by atoms with E-state index < -0.39 is 0 Å². The highest BCUT2D eigenvalue weighted by molar-refractivity contribution is 7.10. The van der Waals surface area contributed by atoms with Crippen LogP contribution in [0.15, 0.2) is 29.8 Å². The Morgan fingerprint density at radius 2 is 2.33 bits per heavy atom. The topological polar surface area (TPSA) is 62.4 Å². The molecule has 0 unspecified atom stereocenters. The van der Waals surface area contributed by atoms with E-state index in [0.29, 0.717) is 12.4 Å². The summed E-state index contributed by atoms with van der Waals surface area (Å²) in [6, 6.07) is 6.05. The van der Waals surface area contributed by atoms with Crippen molar-refractivity contribution in [3.63, 3.8) is 0 Å². The Hall–Kier alpha value is -1.43. The van der Waals surface area contributed by atoms with Gasteiger partial charge in [0.05, 0.1) is 6.10 Å². The van der Waals surface area contributed by atoms with Crippen molar-refractivity contribution in [1.82, 2.24) is 9.88 Å². The van der Waals surface area contributed by atoms with Gasteiger partial charge in [-0.25, -0.2) is 4.98 Å². The van der Waals surface area contributed by atoms with E-state index in [1.54, 1.807) is 17.5 Å². The molecule has 0 aromatic carbocycles. The molecule has 2 aromatic rings. The standard InChI is InChI=1S/C16H21N3OS/c1-11-5-8-21-15(11)13-4-7-19(10-14(13)20)9-12-3-2-6-18-16(12)17/h2-3,5-6,8,13-14,20H,4,7,9-10H2,1H3,(H2,17,18)/t13-,14-/m1/s1. The second kappa shape index (κ2) is 6.13. The Morgan fingerprint density at radius 3 is 3.00 bits per heavy atom. The van der Waals surface area contributed by atoms with Gasteiger partial charge in [-0.05, 0) is 43.0 Å². The SMILES string of the molecule is Cc1ccsc1[C@@H]1CCN(Cc2cccnc2N)C[C@H]1O. The molecule has 0 radical (unpaired) electrons. The molecule has 0 bridgehead atoms. The number of nitrogen functional groups attached to an aromatic ring is 1. The van der Waals surface area contributed by atoms with E-state index >= 15 is 0 Å². The van der Waals surface area contributed by atoms with Crippen molar-refractivity contribution in [3.8, 4) is 0 Å². The van der Waals surface area contributed by atoms with E-state index in [1.165, 1.54) is 10.4 Å². The predicted molar refractivity (Wildman–Crippen MR) is 86.3 cm³/mol. The molecule has 0 spiro atoms. The lowest BCUT2D eigenvalue weighted by atomic mass is 9.90. The average molecular weight is 303 g/mol. The van der Waals surface area contributed by atoms with Crippen molar-refractivity contribution >= 4 is 17.2 Å². The Balaban J connectivity index is 1.66. The van der Waals surface area contributed by atoms with Gasteiger partial charge in [0.2, 0.25) is 0 Å². The predicted octanol–water partition coefficient (Wildman–Crippen LogP) is 2.38. The fourth-order valence-corrected chi connectivity index (χ4v) is 4.16. The number of hydrogen-bond donors (Lipinski definition) is 2. The van der Waals surface area contributed by atoms with E-state index in [0.717, 1.165) is 25.1 Å². The summed E-state index contributed by atoms with van der Waals surface area (Å²) in [6.07, 6.45) is 2.39. The van der Waals surface area contributed by atoms with Crippen LogP contribution in [0.1, 0.15) is 28.3 Å². The zero-order valence-electron chi connectivity index (χ0n) is 12.2. The van der Waals surface area contributed by atoms with Gasteiger partial charge in [-0.2, -0.15) is 0 Å². The van der Waals surface area contributed by atoms with Gasteiger partial charge < -0.3 is 10.8 Å². The number of pyridine rings is 1. The molecule has 2 aromatic heterocycles. The summed E-state index contributed by atoms with van der Waals surface area (Å²) in [4.78, 5) is 7.72. The van der Waals surface area contributed by atoms with Crippen molar-refractivity contribution in [2.45, 2.75) is 31.9 Å². The molecule has 5 heteroatoms. The molecule has 0 amide bonds. The molecule has 21 heavy (non-hydrogen) atoms. The number of likely N-dealkylation sites (tertiary alicyclic amines) is 1. The van der Waals surface area contributed by atoms with Crippen molar-refractivity contribution in [2.24, 2.45) is 0 Å². The smallest absolute Gasteiger partial charge is 0.127 e. The van der Waals surface area contributed by atoms with E-state index in [1.807, 2.05) is 12.1 Å². The van der Waals surface area contributed by atoms with Crippen molar-refractivity contribution in [1.29, 1.82) is 0 Å². The second-order valence-corrected chi connectivity index (χ2v) is 6.66. The third-order valence-electron chi connectivity index (χ3n) is 4.22. The summed E-state index contributed by atoms with van der Waals surface area (Å²) >= 11 is 1.76. The Bertz CT molecular complexity index is 613. The molecule has 1 aliphatic rings. The number of rotatable bonds is 3. The normalized spacial score (nSPS) is 23.3. The molecule has 3 heterocycles. The van der Waals surface area contributed by atoms with Gasteiger partial charge in [-0.15, -0.1) is 11.3 Å². The maximum absolute atomic E-state index is 10.5. The van der Waals surface area contributed by atoms with E-state index in [-0.39, 0.29) is 12.0 Å². The van der Waals surface area contributed by atoms with Gasteiger partial charge in [0.25, 0.3) is 0 Å². The number of nitrogens with two attached hydrogens (primary N) is 1. The average Bonchev–Trinajstić information content (AvgIpc) is 2.88. The molecule has 1 fully saturated rings. The number of nitrogens with zero attached hydrogens (tertiary/aromatic N) is 2. The molecule has 1 aliphatic heterocycles. The molecular weight excluding hydrogens is 282 g/mol. The van der Waals surface area contributed by atoms with Crippen LogP contribution in [-0.2, 0) is 6.54 Å². The number of aliphatic hydroxyl groups is 1. The first kappa shape index (κ1) is 14.5. The first-order valence-electron chi connectivity index (χ1n) is 7.29. The fourth-order valence-electron chi connectivity index (χ4n) is 3.04. The quantitative estimate of drug-likeness (QED) is 0.914. The maximum Gasteiger partial charge on any atom is 0.127 e. The van der Waals surface area contributed by atoms with Crippen LogP contribution in [0.25, 0.3) is 0 Å². The number of β-amino-alcohol motifs (C(OH)–C–C–N with tert-alkyl or cyclic N) is 1. The van der Waals surface area contributed by atoms with Crippen LogP contribution in [0, 0.1) is 6.92 Å². The summed E-state index contributed by atoms with van der Waals surface area (Å²) in [5, 5.41) is 12.6. The fraction of sp³-hybridized carbons (Fsp3) is 0.438. The van der Waals surface area contributed by atoms with Gasteiger partial charge in [0.1, 0.15) is 5.82 Å². The van der Waals surface area contributed by atoms with Crippen molar-refractivity contribution in [2.75, 3.05) is 18.8 Å². The molecule has 0 saturated carbocycles. The zero-order chi connectivity index (χ0) is 14.8. The number of piperidine rings is 1. The highest BCUT2D eigenvalue weighted by atomic mass is 32.1. The highest BCUT2D eigenvalue weighted by Gasteiger charge is 2.30. The minimum atomic E-state index is -0.311. The van der Waals surface area contributed by atoms with Crippen molar-refractivity contribution in [3.05, 3.63) is 45.8 Å². The summed E-state index contributed by atoms with van der Waals surface area (Å²) in [7, 11) is 0. The zero-order valence-corrected chi connectivity index (χ0v) is 13.0. The summed E-state index contributed by atoms with van der Waals surface area (Å²) in [6.45, 7) is 4.55. The van der Waals surface area contributed by atoms with Crippen molar-refractivity contribution < 1.29 is 5.11 Å². The molecule has 3 N–H and O–H groups in total. The maximum atomic E-state index is 10.5. The number of aliphatic hydroxyl groups excluding tert-OH is 1. The van der Waals surface area contributed by atoms with Crippen LogP contribution in [0.5, 0.6) is 0 Å². The van der Waals surface area contributed by atoms with Gasteiger partial charge in [0.15, 0.2) is 0 Å². The minimum absolute atomic E-state index is 0.271. The number of hydrogen-bond acceptors (Lipinski definition) is 5. The Labute approximate surface area is 129 Å². The molecule has 0 aliphatic carbocycles. The minimum Gasteiger partial charge on any atom is -0.391 e. The van der Waals surface area contributed by atoms with Crippen LogP contribution >= 0.6 is 11.3 Å². The number of aryl methyl sites for hydroxylation is 1. The van der Waals surface area contributed by atoms with Crippen LogP contribution in [0.4, 0.5) is 5.82 Å². The van der Waals surface area contributed by atoms with Gasteiger partial charge >= 0.3 is 0 Å². The second-order valence-electron chi connectivity index (χ2n) is 5.71. The first-order valence-corrected chi connectivity index (χ1v) is 8.17. The van der Waals surface area contributed by atoms with E-state index in [9.17, 15) is 5.11 Å². The lowest BCUT2D eigenvalue weighted by Crippen LogP contribution is -2.42. The lowest BCUT2D eigenvalue weighted by Gasteiger charge is -2.36. The molecular formula is C16H21N3OS. The van der Waals surface area contributed by atoms with Crippen LogP contribution in [0.2, 0.25) is 0 Å². The number of anilines is 1. The van der Waals surface area contributed by atoms with E-state index in [4.69, 9.17) is 5.73 Å². The molecule has 2 atom stereocenters. The van der Waals surface area contributed by atoms with Crippen LogP contribution < -0.4 is 5.73 Å². The summed E-state index contributed by atoms with van der Waals surface area (Å²) in [5.74, 6) is 0.857. The van der Waals surface area contributed by atoms with Crippen LogP contribution in [-0.4, -0.2) is 34.2 Å². The Morgan fingerprint density at radius 1 is 1.48 bits per heavy atom. The number of aromatic nitrogens is 1. The van der Waals surface area contributed by atoms with E-state index in [2.05, 4.69) is 28.3 Å². The third kappa shape index (κ3) is 3.10. The Kier molecular flexibility index (Phi) is 4.24. The van der Waals surface area contributed by atoms with Crippen LogP contribution in [0.3, 0.4) is 0 Å². The number of thiophene rings is 1. The molecule has 4 nitrogen and oxygen atoms in total. The first-order chi connectivity index (χ1) is 10.1. The van der Waals surface area contributed by atoms with Gasteiger partial charge in [-0.1, -0.05) is 6.07 Å². The molecule has 112 valence electrons. The lowest BCUT2D eigenvalue weighted by molar-refractivity contribution is 0.0486. The third-order valence-corrected chi connectivity index (χ3v) is 5.38.